The minimum absolute atomic E-state index is 0.0178. The molecule has 5 nitrogen and oxygen atoms in total. The molecule has 17 heavy (non-hydrogen) atoms. The van der Waals surface area contributed by atoms with Crippen molar-refractivity contribution in [2.75, 3.05) is 7.11 Å². The molecule has 90 valence electrons. The van der Waals surface area contributed by atoms with Gasteiger partial charge in [0, 0.05) is 24.7 Å². The third kappa shape index (κ3) is 2.22. The normalized spacial score (nSPS) is 10.8. The van der Waals surface area contributed by atoms with Crippen molar-refractivity contribution in [3.05, 3.63) is 30.2 Å². The Morgan fingerprint density at radius 2 is 2.24 bits per heavy atom. The summed E-state index contributed by atoms with van der Waals surface area (Å²) in [5.41, 5.74) is 1.13. The van der Waals surface area contributed by atoms with Crippen molar-refractivity contribution in [3.8, 4) is 5.75 Å². The van der Waals surface area contributed by atoms with Gasteiger partial charge in [0.15, 0.2) is 0 Å². The SMILES string of the molecule is COC(=O)c1cn2ccnc2cc1OC(C)C. The average molecular weight is 234 g/mol. The van der Waals surface area contributed by atoms with E-state index >= 15 is 0 Å². The van der Waals surface area contributed by atoms with Crippen molar-refractivity contribution in [1.29, 1.82) is 0 Å². The summed E-state index contributed by atoms with van der Waals surface area (Å²) in [6, 6.07) is 1.73. The zero-order valence-corrected chi connectivity index (χ0v) is 10.0. The van der Waals surface area contributed by atoms with Crippen LogP contribution in [0.1, 0.15) is 24.2 Å². The van der Waals surface area contributed by atoms with Crippen LogP contribution >= 0.6 is 0 Å². The maximum Gasteiger partial charge on any atom is 0.343 e. The summed E-state index contributed by atoms with van der Waals surface area (Å²) in [4.78, 5) is 15.8. The van der Waals surface area contributed by atoms with E-state index in [2.05, 4.69) is 4.98 Å². The Kier molecular flexibility index (Phi) is 2.99. The largest absolute Gasteiger partial charge is 0.490 e. The fourth-order valence-corrected chi connectivity index (χ4v) is 1.56. The quantitative estimate of drug-likeness (QED) is 0.761. The van der Waals surface area contributed by atoms with Crippen molar-refractivity contribution in [3.63, 3.8) is 0 Å². The van der Waals surface area contributed by atoms with Crippen LogP contribution in [0.5, 0.6) is 5.75 Å². The smallest absolute Gasteiger partial charge is 0.343 e. The molecule has 0 amide bonds. The van der Waals surface area contributed by atoms with E-state index in [1.807, 2.05) is 13.8 Å². The van der Waals surface area contributed by atoms with Gasteiger partial charge >= 0.3 is 5.97 Å². The van der Waals surface area contributed by atoms with Crippen LogP contribution in [-0.2, 0) is 4.74 Å². The van der Waals surface area contributed by atoms with E-state index < -0.39 is 5.97 Å². The van der Waals surface area contributed by atoms with Crippen molar-refractivity contribution in [1.82, 2.24) is 9.38 Å². The van der Waals surface area contributed by atoms with Gasteiger partial charge in [0.2, 0.25) is 0 Å². The fourth-order valence-electron chi connectivity index (χ4n) is 1.56. The van der Waals surface area contributed by atoms with E-state index in [0.29, 0.717) is 11.3 Å². The Balaban J connectivity index is 2.55. The van der Waals surface area contributed by atoms with E-state index in [9.17, 15) is 4.79 Å². The molecule has 0 atom stereocenters. The number of hydrogen-bond acceptors (Lipinski definition) is 4. The lowest BCUT2D eigenvalue weighted by Gasteiger charge is -2.13. The van der Waals surface area contributed by atoms with Gasteiger partial charge in [0.05, 0.1) is 13.2 Å². The Morgan fingerprint density at radius 1 is 1.47 bits per heavy atom. The summed E-state index contributed by atoms with van der Waals surface area (Å²) >= 11 is 0. The highest BCUT2D eigenvalue weighted by Crippen LogP contribution is 2.22. The molecule has 0 spiro atoms. The molecule has 2 aromatic rings. The summed E-state index contributed by atoms with van der Waals surface area (Å²) in [5.74, 6) is 0.0711. The summed E-state index contributed by atoms with van der Waals surface area (Å²) in [5, 5.41) is 0. The Morgan fingerprint density at radius 3 is 2.88 bits per heavy atom. The topological polar surface area (TPSA) is 52.8 Å². The van der Waals surface area contributed by atoms with Crippen molar-refractivity contribution in [2.24, 2.45) is 0 Å². The molecule has 0 N–H and O–H groups in total. The van der Waals surface area contributed by atoms with Gasteiger partial charge in [-0.2, -0.15) is 0 Å². The first-order valence-corrected chi connectivity index (χ1v) is 5.33. The zero-order chi connectivity index (χ0) is 12.4. The number of methoxy groups -OCH3 is 1. The van der Waals surface area contributed by atoms with Gasteiger partial charge in [0.25, 0.3) is 0 Å². The second-order valence-corrected chi connectivity index (χ2v) is 3.90. The van der Waals surface area contributed by atoms with Gasteiger partial charge in [-0.3, -0.25) is 0 Å². The van der Waals surface area contributed by atoms with Crippen LogP contribution in [0, 0.1) is 0 Å². The molecule has 0 saturated carbocycles. The van der Waals surface area contributed by atoms with E-state index in [4.69, 9.17) is 9.47 Å². The standard InChI is InChI=1S/C12H14N2O3/c1-8(2)17-10-6-11-13-4-5-14(11)7-9(10)12(15)16-3/h4-8H,1-3H3. The predicted octanol–water partition coefficient (Wildman–Crippen LogP) is 1.91. The van der Waals surface area contributed by atoms with Crippen molar-refractivity contribution in [2.45, 2.75) is 20.0 Å². The molecule has 0 fully saturated rings. The maximum absolute atomic E-state index is 11.6. The van der Waals surface area contributed by atoms with Crippen LogP contribution < -0.4 is 4.74 Å². The van der Waals surface area contributed by atoms with Gasteiger partial charge < -0.3 is 13.9 Å². The van der Waals surface area contributed by atoms with Crippen LogP contribution in [-0.4, -0.2) is 28.6 Å². The molecule has 5 heteroatoms. The molecule has 0 saturated heterocycles. The van der Waals surface area contributed by atoms with E-state index in [0.717, 1.165) is 5.65 Å². The number of pyridine rings is 1. The number of ether oxygens (including phenoxy) is 2. The highest BCUT2D eigenvalue weighted by molar-refractivity contribution is 5.92. The van der Waals surface area contributed by atoms with Crippen LogP contribution in [0.2, 0.25) is 0 Å². The molecule has 0 aliphatic heterocycles. The molecule has 0 aliphatic rings. The van der Waals surface area contributed by atoms with Crippen molar-refractivity contribution >= 4 is 11.6 Å². The van der Waals surface area contributed by atoms with Crippen LogP contribution in [0.4, 0.5) is 0 Å². The summed E-state index contributed by atoms with van der Waals surface area (Å²) in [6.07, 6.45) is 5.07. The number of hydrogen-bond donors (Lipinski definition) is 0. The lowest BCUT2D eigenvalue weighted by molar-refractivity contribution is 0.0593. The second kappa shape index (κ2) is 4.45. The number of fused-ring (bicyclic) bond motifs is 1. The molecule has 0 aromatic carbocycles. The van der Waals surface area contributed by atoms with Crippen LogP contribution in [0.25, 0.3) is 5.65 Å². The average Bonchev–Trinajstić information content (AvgIpc) is 2.73. The predicted molar refractivity (Wildman–Crippen MR) is 62.3 cm³/mol. The zero-order valence-electron chi connectivity index (χ0n) is 10.0. The molecule has 0 aliphatic carbocycles. The third-order valence-electron chi connectivity index (χ3n) is 2.26. The molecule has 0 unspecified atom stereocenters. The van der Waals surface area contributed by atoms with E-state index in [1.54, 1.807) is 29.1 Å². The Hall–Kier alpha value is -2.04. The summed E-state index contributed by atoms with van der Waals surface area (Å²) in [6.45, 7) is 3.80. The highest BCUT2D eigenvalue weighted by atomic mass is 16.5. The number of aromatic nitrogens is 2. The van der Waals surface area contributed by atoms with E-state index in [1.165, 1.54) is 7.11 Å². The number of carbonyl (C=O) groups excluding carboxylic acids is 1. The first-order valence-electron chi connectivity index (χ1n) is 5.33. The maximum atomic E-state index is 11.6. The Labute approximate surface area is 99.0 Å². The van der Waals surface area contributed by atoms with E-state index in [-0.39, 0.29) is 6.10 Å². The lowest BCUT2D eigenvalue weighted by Crippen LogP contribution is -2.12. The first kappa shape index (κ1) is 11.4. The first-order chi connectivity index (χ1) is 8.11. The summed E-state index contributed by atoms with van der Waals surface area (Å²) in [7, 11) is 1.35. The number of rotatable bonds is 3. The lowest BCUT2D eigenvalue weighted by atomic mass is 10.2. The number of imidazole rings is 1. The highest BCUT2D eigenvalue weighted by Gasteiger charge is 2.16. The molecule has 0 bridgehead atoms. The van der Waals surface area contributed by atoms with Gasteiger partial charge in [-0.15, -0.1) is 0 Å². The number of carbonyl (C=O) groups is 1. The summed E-state index contributed by atoms with van der Waals surface area (Å²) < 4.78 is 12.1. The molecule has 2 aromatic heterocycles. The number of esters is 1. The minimum Gasteiger partial charge on any atom is -0.490 e. The molecule has 2 rings (SSSR count). The molecule has 0 radical (unpaired) electrons. The van der Waals surface area contributed by atoms with Crippen molar-refractivity contribution < 1.29 is 14.3 Å². The second-order valence-electron chi connectivity index (χ2n) is 3.90. The molecule has 2 heterocycles. The minimum atomic E-state index is -0.420. The van der Waals surface area contributed by atoms with Gasteiger partial charge in [0.1, 0.15) is 17.0 Å². The Bertz CT molecular complexity index is 546. The van der Waals surface area contributed by atoms with Crippen LogP contribution in [0.3, 0.4) is 0 Å². The van der Waals surface area contributed by atoms with Gasteiger partial charge in [-0.05, 0) is 13.8 Å². The third-order valence-corrected chi connectivity index (χ3v) is 2.26. The van der Waals surface area contributed by atoms with Crippen LogP contribution in [0.15, 0.2) is 24.7 Å². The molecular formula is C12H14N2O3. The monoisotopic (exact) mass is 234 g/mol. The van der Waals surface area contributed by atoms with Gasteiger partial charge in [-0.1, -0.05) is 0 Å². The fraction of sp³-hybridized carbons (Fsp3) is 0.333. The molecular weight excluding hydrogens is 220 g/mol. The number of nitrogens with zero attached hydrogens (tertiary/aromatic N) is 2. The van der Waals surface area contributed by atoms with Gasteiger partial charge in [-0.25, -0.2) is 9.78 Å².